The number of hydrazine groups is 1. The van der Waals surface area contributed by atoms with E-state index in [2.05, 4.69) is 27.0 Å². The molecule has 94 valence electrons. The summed E-state index contributed by atoms with van der Waals surface area (Å²) in [6, 6.07) is 0.504. The lowest BCUT2D eigenvalue weighted by molar-refractivity contribution is 0.761. The molecule has 1 aliphatic carbocycles. The van der Waals surface area contributed by atoms with Crippen molar-refractivity contribution in [3.63, 3.8) is 0 Å². The van der Waals surface area contributed by atoms with Crippen LogP contribution in [0.4, 0.5) is 11.6 Å². The van der Waals surface area contributed by atoms with E-state index in [4.69, 9.17) is 5.84 Å². The Morgan fingerprint density at radius 2 is 2.12 bits per heavy atom. The van der Waals surface area contributed by atoms with E-state index in [1.807, 2.05) is 18.7 Å². The van der Waals surface area contributed by atoms with Crippen LogP contribution in [0.5, 0.6) is 0 Å². The minimum absolute atomic E-state index is 0.504. The molecule has 0 saturated heterocycles. The van der Waals surface area contributed by atoms with Gasteiger partial charge in [-0.15, -0.1) is 0 Å². The average Bonchev–Trinajstić information content (AvgIpc) is 2.79. The first kappa shape index (κ1) is 12.4. The molecule has 2 unspecified atom stereocenters. The van der Waals surface area contributed by atoms with Gasteiger partial charge in [0.25, 0.3) is 0 Å². The molecule has 2 rings (SSSR count). The van der Waals surface area contributed by atoms with Crippen molar-refractivity contribution in [3.05, 3.63) is 11.9 Å². The number of nitrogen functional groups attached to an aromatic ring is 1. The highest BCUT2D eigenvalue weighted by Crippen LogP contribution is 2.31. The molecule has 0 bridgehead atoms. The molecule has 1 fully saturated rings. The van der Waals surface area contributed by atoms with Gasteiger partial charge in [0.2, 0.25) is 0 Å². The fourth-order valence-electron chi connectivity index (χ4n) is 2.29. The van der Waals surface area contributed by atoms with Gasteiger partial charge in [0.15, 0.2) is 0 Å². The second-order valence-electron chi connectivity index (χ2n) is 4.30. The number of nitrogens with zero attached hydrogens (tertiary/aromatic N) is 2. The highest BCUT2D eigenvalue weighted by atomic mass is 32.2. The monoisotopic (exact) mass is 253 g/mol. The summed E-state index contributed by atoms with van der Waals surface area (Å²) >= 11 is 1.93. The van der Waals surface area contributed by atoms with Gasteiger partial charge in [-0.1, -0.05) is 6.42 Å². The normalized spacial score (nSPS) is 23.7. The van der Waals surface area contributed by atoms with Gasteiger partial charge in [-0.25, -0.2) is 15.8 Å². The van der Waals surface area contributed by atoms with Crippen LogP contribution in [0.25, 0.3) is 0 Å². The van der Waals surface area contributed by atoms with Crippen molar-refractivity contribution in [2.45, 2.75) is 37.5 Å². The molecule has 0 radical (unpaired) electrons. The van der Waals surface area contributed by atoms with Crippen molar-refractivity contribution < 1.29 is 0 Å². The van der Waals surface area contributed by atoms with Crippen molar-refractivity contribution in [2.24, 2.45) is 5.84 Å². The maximum absolute atomic E-state index is 5.41. The van der Waals surface area contributed by atoms with E-state index in [-0.39, 0.29) is 0 Å². The van der Waals surface area contributed by atoms with Gasteiger partial charge >= 0.3 is 0 Å². The molecule has 0 aromatic carbocycles. The minimum Gasteiger partial charge on any atom is -0.366 e. The maximum Gasteiger partial charge on any atom is 0.148 e. The van der Waals surface area contributed by atoms with Crippen LogP contribution in [-0.2, 0) is 0 Å². The summed E-state index contributed by atoms with van der Waals surface area (Å²) in [5.74, 6) is 6.98. The fourth-order valence-corrected chi connectivity index (χ4v) is 3.23. The number of nitrogens with one attached hydrogen (secondary N) is 2. The zero-order valence-electron chi connectivity index (χ0n) is 10.2. The van der Waals surface area contributed by atoms with E-state index >= 15 is 0 Å². The lowest BCUT2D eigenvalue weighted by Gasteiger charge is -2.21. The molecular weight excluding hydrogens is 234 g/mol. The van der Waals surface area contributed by atoms with Crippen LogP contribution in [0, 0.1) is 6.92 Å². The minimum atomic E-state index is 0.504. The Morgan fingerprint density at radius 3 is 2.82 bits per heavy atom. The summed E-state index contributed by atoms with van der Waals surface area (Å²) in [4.78, 5) is 8.37. The first-order valence-corrected chi connectivity index (χ1v) is 7.12. The van der Waals surface area contributed by atoms with Crippen molar-refractivity contribution in [1.82, 2.24) is 9.97 Å². The van der Waals surface area contributed by atoms with Gasteiger partial charge in [0, 0.05) is 16.9 Å². The highest BCUT2D eigenvalue weighted by molar-refractivity contribution is 7.99. The zero-order valence-corrected chi connectivity index (χ0v) is 11.0. The largest absolute Gasteiger partial charge is 0.366 e. The lowest BCUT2D eigenvalue weighted by atomic mass is 10.2. The summed E-state index contributed by atoms with van der Waals surface area (Å²) in [6.45, 7) is 1.97. The van der Waals surface area contributed by atoms with E-state index in [0.29, 0.717) is 17.1 Å². The zero-order chi connectivity index (χ0) is 12.3. The lowest BCUT2D eigenvalue weighted by Crippen LogP contribution is -2.27. The van der Waals surface area contributed by atoms with Gasteiger partial charge in [0.1, 0.15) is 18.0 Å². The summed E-state index contributed by atoms with van der Waals surface area (Å²) in [7, 11) is 0. The van der Waals surface area contributed by atoms with Crippen molar-refractivity contribution in [3.8, 4) is 0 Å². The third-order valence-electron chi connectivity index (χ3n) is 3.30. The second-order valence-corrected chi connectivity index (χ2v) is 5.37. The van der Waals surface area contributed by atoms with E-state index in [9.17, 15) is 0 Å². The molecule has 17 heavy (non-hydrogen) atoms. The molecule has 1 aromatic heterocycles. The molecule has 6 heteroatoms. The van der Waals surface area contributed by atoms with Crippen LogP contribution in [0.15, 0.2) is 6.33 Å². The maximum atomic E-state index is 5.41. The molecule has 5 nitrogen and oxygen atoms in total. The van der Waals surface area contributed by atoms with Crippen LogP contribution in [0.1, 0.15) is 24.8 Å². The second kappa shape index (κ2) is 5.55. The summed E-state index contributed by atoms with van der Waals surface area (Å²) < 4.78 is 0. The Morgan fingerprint density at radius 1 is 1.35 bits per heavy atom. The molecule has 1 aromatic rings. The number of aromatic nitrogens is 2. The molecule has 1 aliphatic rings. The predicted octanol–water partition coefficient (Wildman–Crippen LogP) is 1.77. The van der Waals surface area contributed by atoms with Gasteiger partial charge in [-0.2, -0.15) is 11.8 Å². The Labute approximate surface area is 106 Å². The van der Waals surface area contributed by atoms with Gasteiger partial charge in [-0.3, -0.25) is 0 Å². The Kier molecular flexibility index (Phi) is 4.06. The molecular formula is C11H19N5S. The number of hydrogen-bond donors (Lipinski definition) is 3. The first-order valence-electron chi connectivity index (χ1n) is 5.83. The van der Waals surface area contributed by atoms with Gasteiger partial charge in [0.05, 0.1) is 0 Å². The Balaban J connectivity index is 2.13. The third kappa shape index (κ3) is 2.63. The van der Waals surface area contributed by atoms with Crippen LogP contribution in [0.3, 0.4) is 0 Å². The number of hydrogen-bond acceptors (Lipinski definition) is 6. The average molecular weight is 253 g/mol. The van der Waals surface area contributed by atoms with Crippen LogP contribution in [-0.4, -0.2) is 27.5 Å². The number of anilines is 2. The van der Waals surface area contributed by atoms with Crippen LogP contribution >= 0.6 is 11.8 Å². The van der Waals surface area contributed by atoms with Crippen LogP contribution in [0.2, 0.25) is 0 Å². The summed E-state index contributed by atoms with van der Waals surface area (Å²) in [6.07, 6.45) is 7.48. The Bertz CT molecular complexity index is 384. The molecule has 0 spiro atoms. The van der Waals surface area contributed by atoms with E-state index in [1.165, 1.54) is 25.6 Å². The molecule has 0 aliphatic heterocycles. The van der Waals surface area contributed by atoms with Crippen LogP contribution < -0.4 is 16.6 Å². The standard InChI is InChI=1S/C11H19N5S/c1-7-10(13-6-14-11(7)16-12)15-8-4-3-5-9(8)17-2/h6,8-9H,3-5,12H2,1-2H3,(H2,13,14,15,16). The highest BCUT2D eigenvalue weighted by Gasteiger charge is 2.27. The molecule has 2 atom stereocenters. The number of rotatable bonds is 4. The smallest absolute Gasteiger partial charge is 0.148 e. The van der Waals surface area contributed by atoms with Crippen molar-refractivity contribution >= 4 is 23.4 Å². The van der Waals surface area contributed by atoms with E-state index < -0.39 is 0 Å². The van der Waals surface area contributed by atoms with Gasteiger partial charge in [-0.05, 0) is 26.0 Å². The molecule has 1 heterocycles. The third-order valence-corrected chi connectivity index (χ3v) is 4.47. The number of nitrogens with two attached hydrogens (primary N) is 1. The topological polar surface area (TPSA) is 75.9 Å². The van der Waals surface area contributed by atoms with Crippen molar-refractivity contribution in [2.75, 3.05) is 17.0 Å². The van der Waals surface area contributed by atoms with E-state index in [1.54, 1.807) is 0 Å². The van der Waals surface area contributed by atoms with E-state index in [0.717, 1.165) is 11.4 Å². The summed E-state index contributed by atoms with van der Waals surface area (Å²) in [5, 5.41) is 4.20. The predicted molar refractivity (Wildman–Crippen MR) is 73.1 cm³/mol. The Hall–Kier alpha value is -1.01. The SMILES string of the molecule is CSC1CCCC1Nc1ncnc(NN)c1C. The first-order chi connectivity index (χ1) is 8.26. The molecule has 0 amide bonds. The fraction of sp³-hybridized carbons (Fsp3) is 0.636. The quantitative estimate of drug-likeness (QED) is 0.561. The van der Waals surface area contributed by atoms with Crippen molar-refractivity contribution in [1.29, 1.82) is 0 Å². The van der Waals surface area contributed by atoms with Gasteiger partial charge < -0.3 is 10.7 Å². The molecule has 4 N–H and O–H groups in total. The molecule has 1 saturated carbocycles. The number of thioether (sulfide) groups is 1. The summed E-state index contributed by atoms with van der Waals surface area (Å²) in [5.41, 5.74) is 3.56.